The van der Waals surface area contributed by atoms with Crippen LogP contribution >= 0.6 is 0 Å². The highest BCUT2D eigenvalue weighted by atomic mass is 16.6. The van der Waals surface area contributed by atoms with E-state index in [1.165, 1.54) is 0 Å². The molecule has 3 aromatic rings. The summed E-state index contributed by atoms with van der Waals surface area (Å²) >= 11 is 0. The Morgan fingerprint density at radius 2 is 1.73 bits per heavy atom. The molecule has 4 amide bonds. The molecule has 2 fully saturated rings. The third-order valence-electron chi connectivity index (χ3n) is 9.72. The molecule has 1 N–H and O–H groups in total. The van der Waals surface area contributed by atoms with Crippen molar-refractivity contribution < 1.29 is 19.1 Å². The van der Waals surface area contributed by atoms with Crippen LogP contribution in [0.15, 0.2) is 42.6 Å². The topological polar surface area (TPSA) is 103 Å². The van der Waals surface area contributed by atoms with Crippen molar-refractivity contribution in [2.75, 3.05) is 52.1 Å². The minimum Gasteiger partial charge on any atom is -0.436 e. The summed E-state index contributed by atoms with van der Waals surface area (Å²) in [6.07, 6.45) is 4.76. The number of piperidine rings is 2. The number of para-hydroxylation sites is 1. The fraction of sp³-hybridized carbons (Fsp3) is 0.529. The number of hydrogen-bond donors (Lipinski definition) is 1. The second kappa shape index (κ2) is 13.1. The predicted octanol–water partition coefficient (Wildman–Crippen LogP) is 4.04. The lowest BCUT2D eigenvalue weighted by atomic mass is 10.00. The number of aromatic nitrogens is 2. The van der Waals surface area contributed by atoms with Gasteiger partial charge in [0.1, 0.15) is 0 Å². The Hall–Kier alpha value is -4.12. The van der Waals surface area contributed by atoms with Crippen molar-refractivity contribution in [3.05, 3.63) is 59.3 Å². The van der Waals surface area contributed by atoms with Crippen LogP contribution in [0.2, 0.25) is 0 Å². The van der Waals surface area contributed by atoms with Gasteiger partial charge in [0.15, 0.2) is 6.10 Å². The van der Waals surface area contributed by atoms with Crippen LogP contribution in [0, 0.1) is 6.92 Å². The number of carbonyl (C=O) groups excluding carboxylic acids is 3. The third kappa shape index (κ3) is 6.78. The Kier molecular flexibility index (Phi) is 8.98. The molecule has 3 aliphatic heterocycles. The average Bonchev–Trinajstić information content (AvgIpc) is 3.33. The zero-order chi connectivity index (χ0) is 31.7. The van der Waals surface area contributed by atoms with E-state index in [-0.39, 0.29) is 18.0 Å². The highest BCUT2D eigenvalue weighted by molar-refractivity contribution is 5.91. The molecule has 1 unspecified atom stereocenters. The number of rotatable bonds is 6. The van der Waals surface area contributed by atoms with Crippen molar-refractivity contribution in [3.63, 3.8) is 0 Å². The van der Waals surface area contributed by atoms with Crippen molar-refractivity contribution in [1.82, 2.24) is 29.4 Å². The van der Waals surface area contributed by atoms with E-state index < -0.39 is 12.2 Å². The molecule has 0 aliphatic carbocycles. The molecule has 1 aromatic heterocycles. The van der Waals surface area contributed by atoms with Gasteiger partial charge in [0.25, 0.3) is 5.91 Å². The van der Waals surface area contributed by atoms with Crippen LogP contribution < -0.4 is 5.32 Å². The summed E-state index contributed by atoms with van der Waals surface area (Å²) in [5.74, 6) is -0.139. The number of amides is 4. The summed E-state index contributed by atoms with van der Waals surface area (Å²) in [7, 11) is 6.04. The van der Waals surface area contributed by atoms with Gasteiger partial charge in [-0.05, 0) is 81.9 Å². The first kappa shape index (κ1) is 30.9. The Bertz CT molecular complexity index is 1550. The van der Waals surface area contributed by atoms with Crippen molar-refractivity contribution in [2.24, 2.45) is 7.05 Å². The van der Waals surface area contributed by atoms with Crippen LogP contribution in [0.5, 0.6) is 0 Å². The molecule has 2 aromatic carbocycles. The zero-order valence-electron chi connectivity index (χ0n) is 26.9. The maximum atomic E-state index is 13.9. The van der Waals surface area contributed by atoms with E-state index in [1.807, 2.05) is 60.3 Å². The number of likely N-dealkylation sites (tertiary alicyclic amines) is 2. The van der Waals surface area contributed by atoms with Gasteiger partial charge in [-0.1, -0.05) is 24.3 Å². The van der Waals surface area contributed by atoms with Crippen molar-refractivity contribution in [3.8, 4) is 0 Å². The molecule has 3 aliphatic rings. The first-order valence-electron chi connectivity index (χ1n) is 16.2. The number of nitrogens with one attached hydrogen (secondary N) is 1. The zero-order valence-corrected chi connectivity index (χ0v) is 26.9. The van der Waals surface area contributed by atoms with Gasteiger partial charge in [-0.3, -0.25) is 9.48 Å². The SMILES string of the molecule is Cc1cc(CC(OC(=O)N2CCC(N3CCc4ccccc4NC3=O)CC2)C(=O)N2CCC(N(C)C)CC2)cc2cn(C)nc12. The van der Waals surface area contributed by atoms with Gasteiger partial charge < -0.3 is 29.7 Å². The number of urea groups is 1. The predicted molar refractivity (Wildman–Crippen MR) is 173 cm³/mol. The van der Waals surface area contributed by atoms with Crippen LogP contribution in [-0.2, 0) is 29.4 Å². The molecule has 0 radical (unpaired) electrons. The Morgan fingerprint density at radius 3 is 2.47 bits per heavy atom. The summed E-state index contributed by atoms with van der Waals surface area (Å²) < 4.78 is 7.86. The number of nitrogens with zero attached hydrogens (tertiary/aromatic N) is 6. The summed E-state index contributed by atoms with van der Waals surface area (Å²) in [6.45, 7) is 4.88. The molecule has 11 nitrogen and oxygen atoms in total. The van der Waals surface area contributed by atoms with Crippen LogP contribution in [0.1, 0.15) is 42.4 Å². The van der Waals surface area contributed by atoms with Crippen LogP contribution in [0.4, 0.5) is 15.3 Å². The van der Waals surface area contributed by atoms with Crippen molar-refractivity contribution >= 4 is 34.6 Å². The molecule has 6 rings (SSSR count). The highest BCUT2D eigenvalue weighted by Crippen LogP contribution is 2.26. The standard InChI is InChI=1S/C34H45N7O4/c1-23-19-24(20-26-22-38(4)36-31(23)26)21-30(32(42)39-14-10-27(11-15-39)37(2)3)45-34(44)40-16-12-28(13-17-40)41-18-9-25-7-5-6-8-29(25)35-33(41)43/h5-8,19-20,22,27-28,30H,9-18,21H2,1-4H3,(H,35,43). The molecule has 0 saturated carbocycles. The van der Waals surface area contributed by atoms with Gasteiger partial charge >= 0.3 is 12.1 Å². The Balaban J connectivity index is 1.12. The third-order valence-corrected chi connectivity index (χ3v) is 9.72. The van der Waals surface area contributed by atoms with E-state index in [2.05, 4.69) is 35.5 Å². The first-order chi connectivity index (χ1) is 21.7. The lowest BCUT2D eigenvalue weighted by Gasteiger charge is -2.38. The van der Waals surface area contributed by atoms with Crippen molar-refractivity contribution in [2.45, 2.75) is 63.6 Å². The maximum absolute atomic E-state index is 13.9. The van der Waals surface area contributed by atoms with Gasteiger partial charge in [-0.2, -0.15) is 5.10 Å². The van der Waals surface area contributed by atoms with Gasteiger partial charge in [0.2, 0.25) is 0 Å². The molecule has 45 heavy (non-hydrogen) atoms. The smallest absolute Gasteiger partial charge is 0.410 e. The average molecular weight is 616 g/mol. The minimum absolute atomic E-state index is 0.0352. The summed E-state index contributed by atoms with van der Waals surface area (Å²) in [5, 5.41) is 8.60. The number of fused-ring (bicyclic) bond motifs is 2. The largest absolute Gasteiger partial charge is 0.436 e. The Labute approximate surface area is 265 Å². The molecular formula is C34H45N7O4. The maximum Gasteiger partial charge on any atom is 0.410 e. The quantitative estimate of drug-likeness (QED) is 0.449. The Morgan fingerprint density at radius 1 is 1.02 bits per heavy atom. The first-order valence-corrected chi connectivity index (χ1v) is 16.2. The lowest BCUT2D eigenvalue weighted by molar-refractivity contribution is -0.142. The summed E-state index contributed by atoms with van der Waals surface area (Å²) in [4.78, 5) is 48.2. The van der Waals surface area contributed by atoms with Gasteiger partial charge in [0.05, 0.1) is 5.52 Å². The number of anilines is 1. The monoisotopic (exact) mass is 615 g/mol. The van der Waals surface area contributed by atoms with Crippen LogP contribution in [0.3, 0.4) is 0 Å². The molecule has 0 spiro atoms. The van der Waals surface area contributed by atoms with Crippen molar-refractivity contribution in [1.29, 1.82) is 0 Å². The number of ether oxygens (including phenoxy) is 1. The van der Waals surface area contributed by atoms with E-state index in [1.54, 1.807) is 9.58 Å². The summed E-state index contributed by atoms with van der Waals surface area (Å²) in [6, 6.07) is 12.4. The second-order valence-corrected chi connectivity index (χ2v) is 13.0. The van der Waals surface area contributed by atoms with Gasteiger partial charge in [-0.15, -0.1) is 0 Å². The van der Waals surface area contributed by atoms with E-state index in [0.717, 1.165) is 52.5 Å². The number of carbonyl (C=O) groups is 3. The molecule has 11 heteroatoms. The fourth-order valence-corrected chi connectivity index (χ4v) is 7.12. The fourth-order valence-electron chi connectivity index (χ4n) is 7.12. The molecular weight excluding hydrogens is 570 g/mol. The van der Waals surface area contributed by atoms with Gasteiger partial charge in [0, 0.05) is 75.5 Å². The number of benzene rings is 2. The van der Waals surface area contributed by atoms with Crippen LogP contribution in [-0.4, -0.2) is 112 Å². The van der Waals surface area contributed by atoms with Crippen LogP contribution in [0.25, 0.3) is 10.9 Å². The minimum atomic E-state index is -0.922. The molecule has 2 saturated heterocycles. The lowest BCUT2D eigenvalue weighted by Crippen LogP contribution is -2.52. The van der Waals surface area contributed by atoms with E-state index >= 15 is 0 Å². The van der Waals surface area contributed by atoms with E-state index in [9.17, 15) is 14.4 Å². The van der Waals surface area contributed by atoms with E-state index in [0.29, 0.717) is 58.0 Å². The molecule has 1 atom stereocenters. The summed E-state index contributed by atoms with van der Waals surface area (Å²) in [5.41, 5.74) is 4.89. The number of aryl methyl sites for hydroxylation is 2. The van der Waals surface area contributed by atoms with E-state index in [4.69, 9.17) is 4.74 Å². The second-order valence-electron chi connectivity index (χ2n) is 13.0. The molecule has 4 heterocycles. The highest BCUT2D eigenvalue weighted by Gasteiger charge is 2.35. The van der Waals surface area contributed by atoms with Gasteiger partial charge in [-0.25, -0.2) is 9.59 Å². The molecule has 0 bridgehead atoms. The molecule has 240 valence electrons. The normalized spacial score (nSPS) is 19.0. The number of hydrogen-bond acceptors (Lipinski definition) is 6.